The number of benzene rings is 3. The number of aliphatic hydroxyl groups is 1. The fourth-order valence-electron chi connectivity index (χ4n) is 4.28. The van der Waals surface area contributed by atoms with Gasteiger partial charge in [-0.05, 0) is 79.3 Å². The molecule has 4 rings (SSSR count). The van der Waals surface area contributed by atoms with E-state index >= 15 is 0 Å². The lowest BCUT2D eigenvalue weighted by Gasteiger charge is -2.31. The van der Waals surface area contributed by atoms with Crippen LogP contribution in [0.25, 0.3) is 11.1 Å². The van der Waals surface area contributed by atoms with Gasteiger partial charge in [-0.25, -0.2) is 5.48 Å². The highest BCUT2D eigenvalue weighted by Gasteiger charge is 2.24. The SMILES string of the molecule is Cc1ccc(C(=O)Nc2cc(C(=O)N3CCC(CO)CC3)cc(-c3ccc(C(=O)NO)cc3)c2)cc1. The number of piperidine rings is 1. The van der Waals surface area contributed by atoms with Crippen LogP contribution in [-0.2, 0) is 0 Å². The lowest BCUT2D eigenvalue weighted by molar-refractivity contribution is 0.0650. The standard InChI is InChI=1S/C28H29N3O5/c1-18-2-4-21(5-3-18)26(33)29-25-15-23(20-6-8-22(9-7-20)27(34)30-36)14-24(16-25)28(35)31-12-10-19(17-32)11-13-31/h2-9,14-16,19,32,36H,10-13,17H2,1H3,(H,29,33)(H,30,34). The van der Waals surface area contributed by atoms with Gasteiger partial charge in [0.15, 0.2) is 0 Å². The minimum absolute atomic E-state index is 0.122. The maximum absolute atomic E-state index is 13.4. The summed E-state index contributed by atoms with van der Waals surface area (Å²) in [5, 5.41) is 21.2. The number of rotatable bonds is 6. The van der Waals surface area contributed by atoms with Gasteiger partial charge in [-0.2, -0.15) is 0 Å². The van der Waals surface area contributed by atoms with Gasteiger partial charge < -0.3 is 15.3 Å². The molecular weight excluding hydrogens is 458 g/mol. The molecule has 8 heteroatoms. The molecule has 3 aromatic rings. The Bertz CT molecular complexity index is 1250. The number of carbonyl (C=O) groups excluding carboxylic acids is 3. The van der Waals surface area contributed by atoms with E-state index in [0.717, 1.165) is 24.0 Å². The van der Waals surface area contributed by atoms with E-state index in [1.807, 2.05) is 19.1 Å². The van der Waals surface area contributed by atoms with Crippen molar-refractivity contribution in [2.45, 2.75) is 19.8 Å². The molecule has 0 spiro atoms. The van der Waals surface area contributed by atoms with Gasteiger partial charge in [0.1, 0.15) is 0 Å². The molecule has 1 aliphatic rings. The van der Waals surface area contributed by atoms with Crippen molar-refractivity contribution in [3.05, 3.63) is 89.0 Å². The molecule has 0 radical (unpaired) electrons. The van der Waals surface area contributed by atoms with Crippen LogP contribution in [-0.4, -0.2) is 52.6 Å². The molecule has 186 valence electrons. The minimum atomic E-state index is -0.622. The average Bonchev–Trinajstić information content (AvgIpc) is 2.92. The molecule has 8 nitrogen and oxygen atoms in total. The Morgan fingerprint density at radius 3 is 2.06 bits per heavy atom. The Morgan fingerprint density at radius 1 is 0.833 bits per heavy atom. The molecule has 0 saturated carbocycles. The summed E-state index contributed by atoms with van der Waals surface area (Å²) in [6.45, 7) is 3.19. The number of anilines is 1. The maximum Gasteiger partial charge on any atom is 0.274 e. The van der Waals surface area contributed by atoms with Gasteiger partial charge in [0, 0.05) is 42.1 Å². The highest BCUT2D eigenvalue weighted by molar-refractivity contribution is 6.06. The number of hydrogen-bond donors (Lipinski definition) is 4. The van der Waals surface area contributed by atoms with Gasteiger partial charge >= 0.3 is 0 Å². The van der Waals surface area contributed by atoms with Crippen LogP contribution in [0, 0.1) is 12.8 Å². The van der Waals surface area contributed by atoms with E-state index in [2.05, 4.69) is 5.32 Å². The summed E-state index contributed by atoms with van der Waals surface area (Å²) >= 11 is 0. The molecule has 3 aromatic carbocycles. The van der Waals surface area contributed by atoms with Crippen molar-refractivity contribution >= 4 is 23.4 Å². The van der Waals surface area contributed by atoms with E-state index < -0.39 is 5.91 Å². The average molecular weight is 488 g/mol. The second kappa shape index (κ2) is 11.2. The molecular formula is C28H29N3O5. The zero-order valence-corrected chi connectivity index (χ0v) is 20.0. The van der Waals surface area contributed by atoms with Crippen molar-refractivity contribution in [2.75, 3.05) is 25.0 Å². The number of hydroxylamine groups is 1. The topological polar surface area (TPSA) is 119 Å². The van der Waals surface area contributed by atoms with Crippen LogP contribution in [0.5, 0.6) is 0 Å². The van der Waals surface area contributed by atoms with Crippen LogP contribution in [0.15, 0.2) is 66.7 Å². The van der Waals surface area contributed by atoms with Crippen LogP contribution in [0.4, 0.5) is 5.69 Å². The van der Waals surface area contributed by atoms with Gasteiger partial charge in [0.2, 0.25) is 0 Å². The third-order valence-electron chi connectivity index (χ3n) is 6.49. The minimum Gasteiger partial charge on any atom is -0.396 e. The lowest BCUT2D eigenvalue weighted by atomic mass is 9.96. The normalized spacial score (nSPS) is 13.8. The largest absolute Gasteiger partial charge is 0.396 e. The number of carbonyl (C=O) groups is 3. The number of aliphatic hydroxyl groups excluding tert-OH is 1. The van der Waals surface area contributed by atoms with Crippen LogP contribution in [0.1, 0.15) is 49.5 Å². The van der Waals surface area contributed by atoms with Crippen molar-refractivity contribution in [3.8, 4) is 11.1 Å². The smallest absolute Gasteiger partial charge is 0.274 e. The molecule has 0 atom stereocenters. The van der Waals surface area contributed by atoms with E-state index in [4.69, 9.17) is 5.21 Å². The molecule has 4 N–H and O–H groups in total. The summed E-state index contributed by atoms with van der Waals surface area (Å²) < 4.78 is 0. The maximum atomic E-state index is 13.4. The van der Waals surface area contributed by atoms with Crippen molar-refractivity contribution in [2.24, 2.45) is 5.92 Å². The van der Waals surface area contributed by atoms with Crippen LogP contribution >= 0.6 is 0 Å². The number of nitrogens with zero attached hydrogens (tertiary/aromatic N) is 1. The first kappa shape index (κ1) is 25.1. The number of amides is 3. The second-order valence-electron chi connectivity index (χ2n) is 9.06. The summed E-state index contributed by atoms with van der Waals surface area (Å²) in [7, 11) is 0. The van der Waals surface area contributed by atoms with E-state index in [1.54, 1.807) is 65.0 Å². The molecule has 0 aromatic heterocycles. The summed E-state index contributed by atoms with van der Waals surface area (Å²) in [5.41, 5.74) is 5.79. The Labute approximate surface area is 209 Å². The number of aryl methyl sites for hydroxylation is 1. The Balaban J connectivity index is 1.66. The molecule has 0 aliphatic carbocycles. The summed E-state index contributed by atoms with van der Waals surface area (Å²) in [5.74, 6) is -0.846. The predicted molar refractivity (Wildman–Crippen MR) is 136 cm³/mol. The van der Waals surface area contributed by atoms with Crippen LogP contribution < -0.4 is 10.8 Å². The van der Waals surface area contributed by atoms with Gasteiger partial charge in [0.05, 0.1) is 0 Å². The zero-order valence-electron chi connectivity index (χ0n) is 20.0. The van der Waals surface area contributed by atoms with Gasteiger partial charge in [0.25, 0.3) is 17.7 Å². The summed E-state index contributed by atoms with van der Waals surface area (Å²) in [6, 6.07) is 19.0. The molecule has 1 aliphatic heterocycles. The van der Waals surface area contributed by atoms with Crippen LogP contribution in [0.2, 0.25) is 0 Å². The molecule has 1 heterocycles. The fourth-order valence-corrected chi connectivity index (χ4v) is 4.28. The Morgan fingerprint density at radius 2 is 1.44 bits per heavy atom. The molecule has 1 saturated heterocycles. The first-order chi connectivity index (χ1) is 17.4. The predicted octanol–water partition coefficient (Wildman–Crippen LogP) is 3.88. The first-order valence-corrected chi connectivity index (χ1v) is 11.9. The van der Waals surface area contributed by atoms with E-state index in [1.165, 1.54) is 0 Å². The number of likely N-dealkylation sites (tertiary alicyclic amines) is 1. The molecule has 0 bridgehead atoms. The third-order valence-corrected chi connectivity index (χ3v) is 6.49. The van der Waals surface area contributed by atoms with E-state index in [9.17, 15) is 19.5 Å². The van der Waals surface area contributed by atoms with Crippen molar-refractivity contribution < 1.29 is 24.7 Å². The van der Waals surface area contributed by atoms with Gasteiger partial charge in [-0.3, -0.25) is 19.6 Å². The molecule has 0 unspecified atom stereocenters. The zero-order chi connectivity index (χ0) is 25.7. The highest BCUT2D eigenvalue weighted by atomic mass is 16.5. The van der Waals surface area contributed by atoms with Crippen molar-refractivity contribution in [3.63, 3.8) is 0 Å². The number of nitrogens with one attached hydrogen (secondary N) is 2. The highest BCUT2D eigenvalue weighted by Crippen LogP contribution is 2.28. The van der Waals surface area contributed by atoms with Crippen LogP contribution in [0.3, 0.4) is 0 Å². The second-order valence-corrected chi connectivity index (χ2v) is 9.06. The molecule has 3 amide bonds. The van der Waals surface area contributed by atoms with E-state index in [0.29, 0.717) is 35.5 Å². The molecule has 36 heavy (non-hydrogen) atoms. The monoisotopic (exact) mass is 487 g/mol. The molecule has 1 fully saturated rings. The Kier molecular flexibility index (Phi) is 7.77. The van der Waals surface area contributed by atoms with Gasteiger partial charge in [-0.1, -0.05) is 29.8 Å². The van der Waals surface area contributed by atoms with Gasteiger partial charge in [-0.15, -0.1) is 0 Å². The summed E-state index contributed by atoms with van der Waals surface area (Å²) in [6.07, 6.45) is 1.49. The third kappa shape index (κ3) is 5.79. The van der Waals surface area contributed by atoms with Crippen molar-refractivity contribution in [1.29, 1.82) is 0 Å². The van der Waals surface area contributed by atoms with Crippen molar-refractivity contribution in [1.82, 2.24) is 10.4 Å². The number of hydrogen-bond acceptors (Lipinski definition) is 5. The quantitative estimate of drug-likeness (QED) is 0.311. The summed E-state index contributed by atoms with van der Waals surface area (Å²) in [4.78, 5) is 39.7. The fraction of sp³-hybridized carbons (Fsp3) is 0.250. The first-order valence-electron chi connectivity index (χ1n) is 11.9. The Hall–Kier alpha value is -4.01. The van der Waals surface area contributed by atoms with E-state index in [-0.39, 0.29) is 29.9 Å². The lowest BCUT2D eigenvalue weighted by Crippen LogP contribution is -2.39.